The highest BCUT2D eigenvalue weighted by Gasteiger charge is 2.18. The van der Waals surface area contributed by atoms with Crippen molar-refractivity contribution in [2.45, 2.75) is 20.0 Å². The van der Waals surface area contributed by atoms with Gasteiger partial charge in [0.2, 0.25) is 6.79 Å². The maximum atomic E-state index is 6.13. The first kappa shape index (κ1) is 12.3. The van der Waals surface area contributed by atoms with Crippen molar-refractivity contribution in [3.63, 3.8) is 0 Å². The van der Waals surface area contributed by atoms with E-state index in [1.807, 2.05) is 25.3 Å². The van der Waals surface area contributed by atoms with E-state index < -0.39 is 0 Å². The van der Waals surface area contributed by atoms with Crippen LogP contribution in [-0.2, 0) is 13.1 Å². The molecule has 0 amide bonds. The van der Waals surface area contributed by atoms with Crippen LogP contribution in [0.3, 0.4) is 0 Å². The molecule has 5 nitrogen and oxygen atoms in total. The summed E-state index contributed by atoms with van der Waals surface area (Å²) in [6.45, 7) is 3.71. The van der Waals surface area contributed by atoms with Crippen LogP contribution in [0.5, 0.6) is 11.5 Å². The lowest BCUT2D eigenvalue weighted by Crippen LogP contribution is -2.12. The average molecular weight is 280 g/mol. The number of aryl methyl sites for hydroxylation is 1. The molecule has 1 aliphatic rings. The molecule has 0 saturated carbocycles. The molecule has 0 saturated heterocycles. The summed E-state index contributed by atoms with van der Waals surface area (Å²) in [6.07, 6.45) is 1.83. The molecule has 0 unspecified atom stereocenters. The van der Waals surface area contributed by atoms with Crippen LogP contribution in [-0.4, -0.2) is 17.0 Å². The molecule has 0 radical (unpaired) electrons. The Balaban J connectivity index is 1.65. The van der Waals surface area contributed by atoms with Crippen LogP contribution >= 0.6 is 11.6 Å². The Morgan fingerprint density at radius 3 is 3.05 bits per heavy atom. The van der Waals surface area contributed by atoms with Gasteiger partial charge in [-0.3, -0.25) is 5.10 Å². The zero-order valence-corrected chi connectivity index (χ0v) is 11.3. The molecule has 2 heterocycles. The standard InChI is InChI=1S/C13H14ClN3O2/c1-8-10(6-16-17-8)5-15-4-9-2-11(14)13-12(3-9)18-7-19-13/h2-3,6,15H,4-5,7H2,1H3,(H,16,17). The molecule has 0 bridgehead atoms. The summed E-state index contributed by atoms with van der Waals surface area (Å²) in [5.41, 5.74) is 3.30. The van der Waals surface area contributed by atoms with Crippen LogP contribution in [0, 0.1) is 6.92 Å². The normalized spacial score (nSPS) is 12.9. The van der Waals surface area contributed by atoms with Crippen LogP contribution in [0.15, 0.2) is 18.3 Å². The largest absolute Gasteiger partial charge is 0.454 e. The van der Waals surface area contributed by atoms with Crippen LogP contribution in [0.2, 0.25) is 5.02 Å². The molecular formula is C13H14ClN3O2. The number of H-pyrrole nitrogens is 1. The van der Waals surface area contributed by atoms with E-state index in [1.54, 1.807) is 0 Å². The van der Waals surface area contributed by atoms with Gasteiger partial charge in [0.25, 0.3) is 0 Å². The van der Waals surface area contributed by atoms with Crippen molar-refractivity contribution in [1.29, 1.82) is 0 Å². The molecule has 2 aromatic rings. The monoisotopic (exact) mass is 279 g/mol. The molecule has 0 atom stereocenters. The van der Waals surface area contributed by atoms with Crippen molar-refractivity contribution >= 4 is 11.6 Å². The quantitative estimate of drug-likeness (QED) is 0.902. The van der Waals surface area contributed by atoms with Gasteiger partial charge in [-0.1, -0.05) is 11.6 Å². The van der Waals surface area contributed by atoms with Gasteiger partial charge in [0.1, 0.15) is 0 Å². The molecule has 19 heavy (non-hydrogen) atoms. The minimum Gasteiger partial charge on any atom is -0.454 e. The Morgan fingerprint density at radius 2 is 2.26 bits per heavy atom. The number of rotatable bonds is 4. The highest BCUT2D eigenvalue weighted by atomic mass is 35.5. The van der Waals surface area contributed by atoms with Crippen molar-refractivity contribution in [2.24, 2.45) is 0 Å². The van der Waals surface area contributed by atoms with Crippen LogP contribution in [0.4, 0.5) is 0 Å². The topological polar surface area (TPSA) is 59.2 Å². The number of nitrogens with zero attached hydrogens (tertiary/aromatic N) is 1. The van der Waals surface area contributed by atoms with Gasteiger partial charge in [0.05, 0.1) is 11.2 Å². The molecular weight excluding hydrogens is 266 g/mol. The number of nitrogens with one attached hydrogen (secondary N) is 2. The fraction of sp³-hybridized carbons (Fsp3) is 0.308. The first-order valence-corrected chi connectivity index (χ1v) is 6.39. The number of halogens is 1. The van der Waals surface area contributed by atoms with Crippen molar-refractivity contribution in [1.82, 2.24) is 15.5 Å². The second-order valence-corrected chi connectivity index (χ2v) is 4.84. The highest BCUT2D eigenvalue weighted by Crippen LogP contribution is 2.39. The van der Waals surface area contributed by atoms with Gasteiger partial charge in [-0.2, -0.15) is 5.10 Å². The van der Waals surface area contributed by atoms with Gasteiger partial charge in [0.15, 0.2) is 11.5 Å². The van der Waals surface area contributed by atoms with Crippen molar-refractivity contribution in [3.05, 3.63) is 40.2 Å². The lowest BCUT2D eigenvalue weighted by atomic mass is 10.2. The fourth-order valence-electron chi connectivity index (χ4n) is 2.02. The molecule has 100 valence electrons. The number of aromatic nitrogens is 2. The average Bonchev–Trinajstić information content (AvgIpc) is 2.99. The molecule has 3 rings (SSSR count). The van der Waals surface area contributed by atoms with E-state index >= 15 is 0 Å². The predicted molar refractivity (Wildman–Crippen MR) is 71.4 cm³/mol. The molecule has 0 fully saturated rings. The van der Waals surface area contributed by atoms with Gasteiger partial charge < -0.3 is 14.8 Å². The summed E-state index contributed by atoms with van der Waals surface area (Å²) in [4.78, 5) is 0. The minimum atomic E-state index is 0.236. The number of aromatic amines is 1. The Morgan fingerprint density at radius 1 is 1.37 bits per heavy atom. The zero-order chi connectivity index (χ0) is 13.2. The molecule has 1 aromatic heterocycles. The number of ether oxygens (including phenoxy) is 2. The number of hydrogen-bond acceptors (Lipinski definition) is 4. The first-order chi connectivity index (χ1) is 9.24. The van der Waals surface area contributed by atoms with E-state index in [0.717, 1.165) is 23.4 Å². The lowest BCUT2D eigenvalue weighted by molar-refractivity contribution is 0.174. The Bertz CT molecular complexity index is 598. The third-order valence-electron chi connectivity index (χ3n) is 3.07. The van der Waals surface area contributed by atoms with E-state index in [0.29, 0.717) is 23.1 Å². The lowest BCUT2D eigenvalue weighted by Gasteiger charge is -2.06. The molecule has 1 aliphatic heterocycles. The van der Waals surface area contributed by atoms with E-state index in [2.05, 4.69) is 15.5 Å². The smallest absolute Gasteiger partial charge is 0.231 e. The minimum absolute atomic E-state index is 0.236. The predicted octanol–water partition coefficient (Wildman–Crippen LogP) is 2.39. The summed E-state index contributed by atoms with van der Waals surface area (Å²) in [5.74, 6) is 1.35. The van der Waals surface area contributed by atoms with Crippen molar-refractivity contribution < 1.29 is 9.47 Å². The van der Waals surface area contributed by atoms with Crippen molar-refractivity contribution in [2.75, 3.05) is 6.79 Å². The molecule has 0 spiro atoms. The summed E-state index contributed by atoms with van der Waals surface area (Å²) in [6, 6.07) is 3.84. The molecule has 6 heteroatoms. The van der Waals surface area contributed by atoms with Crippen molar-refractivity contribution in [3.8, 4) is 11.5 Å². The summed E-state index contributed by atoms with van der Waals surface area (Å²) in [7, 11) is 0. The van der Waals surface area contributed by atoms with E-state index in [1.165, 1.54) is 0 Å². The second-order valence-electron chi connectivity index (χ2n) is 4.44. The Labute approximate surface area is 115 Å². The van der Waals surface area contributed by atoms with Gasteiger partial charge in [-0.05, 0) is 24.6 Å². The zero-order valence-electron chi connectivity index (χ0n) is 10.5. The van der Waals surface area contributed by atoms with Crippen LogP contribution in [0.1, 0.15) is 16.8 Å². The van der Waals surface area contributed by atoms with E-state index in [9.17, 15) is 0 Å². The first-order valence-electron chi connectivity index (χ1n) is 6.01. The fourth-order valence-corrected chi connectivity index (χ4v) is 2.31. The summed E-state index contributed by atoms with van der Waals surface area (Å²) >= 11 is 6.13. The third kappa shape index (κ3) is 2.52. The molecule has 1 aromatic carbocycles. The Kier molecular flexibility index (Phi) is 3.31. The van der Waals surface area contributed by atoms with Gasteiger partial charge in [0, 0.05) is 24.3 Å². The summed E-state index contributed by atoms with van der Waals surface area (Å²) < 4.78 is 10.6. The maximum absolute atomic E-state index is 6.13. The number of benzene rings is 1. The second kappa shape index (κ2) is 5.11. The SMILES string of the molecule is Cc1[nH]ncc1CNCc1cc(Cl)c2c(c1)OCO2. The van der Waals surface area contributed by atoms with Gasteiger partial charge >= 0.3 is 0 Å². The van der Waals surface area contributed by atoms with Gasteiger partial charge in [-0.25, -0.2) is 0 Å². The number of hydrogen-bond donors (Lipinski definition) is 2. The van der Waals surface area contributed by atoms with E-state index in [4.69, 9.17) is 21.1 Å². The van der Waals surface area contributed by atoms with Gasteiger partial charge in [-0.15, -0.1) is 0 Å². The Hall–Kier alpha value is -1.72. The highest BCUT2D eigenvalue weighted by molar-refractivity contribution is 6.32. The van der Waals surface area contributed by atoms with E-state index in [-0.39, 0.29) is 6.79 Å². The summed E-state index contributed by atoms with van der Waals surface area (Å²) in [5, 5.41) is 10.8. The number of fused-ring (bicyclic) bond motifs is 1. The maximum Gasteiger partial charge on any atom is 0.231 e. The molecule has 2 N–H and O–H groups in total. The third-order valence-corrected chi connectivity index (χ3v) is 3.35. The van der Waals surface area contributed by atoms with Crippen LogP contribution in [0.25, 0.3) is 0 Å². The van der Waals surface area contributed by atoms with Crippen LogP contribution < -0.4 is 14.8 Å². The molecule has 0 aliphatic carbocycles.